The molecule has 3 aromatic rings. The first-order chi connectivity index (χ1) is 10.0. The van der Waals surface area contributed by atoms with E-state index in [2.05, 4.69) is 4.98 Å². The van der Waals surface area contributed by atoms with Gasteiger partial charge in [0.2, 0.25) is 0 Å². The zero-order valence-corrected chi connectivity index (χ0v) is 12.5. The lowest BCUT2D eigenvalue weighted by Crippen LogP contribution is -1.91. The highest BCUT2D eigenvalue weighted by Crippen LogP contribution is 2.32. The molecule has 3 rings (SSSR count). The summed E-state index contributed by atoms with van der Waals surface area (Å²) >= 11 is 7.42. The lowest BCUT2D eigenvalue weighted by Gasteiger charge is -2.01. The highest BCUT2D eigenvalue weighted by molar-refractivity contribution is 7.13. The summed E-state index contributed by atoms with van der Waals surface area (Å²) in [4.78, 5) is 15.4. The Balaban J connectivity index is 1.97. The number of benzene rings is 1. The second-order valence-electron chi connectivity index (χ2n) is 4.50. The van der Waals surface area contributed by atoms with Gasteiger partial charge in [-0.3, -0.25) is 0 Å². The number of carboxylic acids is 1. The molecule has 2 aromatic heterocycles. The fraction of sp³-hybridized carbons (Fsp3) is 0.0667. The standard InChI is InChI=1S/C15H10ClNO3S/c1-8-4-10(16)2-3-11(8)14-17-12(7-21-14)13-5-9(6-20-13)15(18)19/h2-7H,1H3,(H,18,19). The van der Waals surface area contributed by atoms with Gasteiger partial charge < -0.3 is 9.52 Å². The van der Waals surface area contributed by atoms with Crippen molar-refractivity contribution in [3.8, 4) is 22.0 Å². The van der Waals surface area contributed by atoms with Crippen LogP contribution < -0.4 is 0 Å². The van der Waals surface area contributed by atoms with Crippen molar-refractivity contribution in [1.82, 2.24) is 4.98 Å². The summed E-state index contributed by atoms with van der Waals surface area (Å²) in [6, 6.07) is 7.09. The number of carboxylic acid groups (broad SMARTS) is 1. The van der Waals surface area contributed by atoms with Crippen molar-refractivity contribution >= 4 is 28.9 Å². The number of aromatic carboxylic acids is 1. The first-order valence-corrected chi connectivity index (χ1v) is 7.34. The molecule has 0 aliphatic heterocycles. The summed E-state index contributed by atoms with van der Waals surface area (Å²) in [6.07, 6.45) is 1.21. The van der Waals surface area contributed by atoms with Crippen molar-refractivity contribution in [1.29, 1.82) is 0 Å². The molecule has 0 fully saturated rings. The molecule has 0 aliphatic rings. The zero-order valence-electron chi connectivity index (χ0n) is 11.0. The molecule has 1 aromatic carbocycles. The van der Waals surface area contributed by atoms with Crippen molar-refractivity contribution in [2.75, 3.05) is 0 Å². The van der Waals surface area contributed by atoms with Gasteiger partial charge in [0.25, 0.3) is 0 Å². The Morgan fingerprint density at radius 3 is 2.86 bits per heavy atom. The average molecular weight is 320 g/mol. The minimum Gasteiger partial charge on any atom is -0.478 e. The molecule has 106 valence electrons. The molecule has 0 spiro atoms. The molecule has 2 heterocycles. The van der Waals surface area contributed by atoms with Crippen molar-refractivity contribution in [2.45, 2.75) is 6.92 Å². The second kappa shape index (κ2) is 5.35. The van der Waals surface area contributed by atoms with Crippen LogP contribution in [0.5, 0.6) is 0 Å². The Morgan fingerprint density at radius 1 is 1.38 bits per heavy atom. The van der Waals surface area contributed by atoms with Gasteiger partial charge in [-0.2, -0.15) is 0 Å². The molecule has 0 bridgehead atoms. The normalized spacial score (nSPS) is 10.8. The predicted molar refractivity (Wildman–Crippen MR) is 82.0 cm³/mol. The maximum Gasteiger partial charge on any atom is 0.338 e. The summed E-state index contributed by atoms with van der Waals surface area (Å²) in [5.41, 5.74) is 2.77. The lowest BCUT2D eigenvalue weighted by atomic mass is 10.1. The van der Waals surface area contributed by atoms with E-state index in [1.54, 1.807) is 0 Å². The minimum atomic E-state index is -1.02. The van der Waals surface area contributed by atoms with Crippen LogP contribution in [0.25, 0.3) is 22.0 Å². The van der Waals surface area contributed by atoms with Crippen molar-refractivity contribution in [2.24, 2.45) is 0 Å². The van der Waals surface area contributed by atoms with Gasteiger partial charge in [-0.1, -0.05) is 17.7 Å². The van der Waals surface area contributed by atoms with Crippen LogP contribution in [0, 0.1) is 6.92 Å². The number of carbonyl (C=O) groups is 1. The van der Waals surface area contributed by atoms with Gasteiger partial charge in [-0.05, 0) is 24.6 Å². The van der Waals surface area contributed by atoms with E-state index >= 15 is 0 Å². The van der Waals surface area contributed by atoms with Crippen LogP contribution in [-0.4, -0.2) is 16.1 Å². The molecule has 0 saturated heterocycles. The maximum atomic E-state index is 10.9. The molecule has 21 heavy (non-hydrogen) atoms. The molecule has 6 heteroatoms. The van der Waals surface area contributed by atoms with Gasteiger partial charge in [-0.25, -0.2) is 9.78 Å². The largest absolute Gasteiger partial charge is 0.478 e. The smallest absolute Gasteiger partial charge is 0.338 e. The van der Waals surface area contributed by atoms with E-state index in [9.17, 15) is 4.79 Å². The number of hydrogen-bond donors (Lipinski definition) is 1. The van der Waals surface area contributed by atoms with Crippen molar-refractivity contribution in [3.63, 3.8) is 0 Å². The van der Waals surface area contributed by atoms with Crippen LogP contribution >= 0.6 is 22.9 Å². The highest BCUT2D eigenvalue weighted by atomic mass is 35.5. The summed E-state index contributed by atoms with van der Waals surface area (Å²) < 4.78 is 5.25. The molecule has 1 N–H and O–H groups in total. The van der Waals surface area contributed by atoms with E-state index in [0.717, 1.165) is 16.1 Å². The van der Waals surface area contributed by atoms with Gasteiger partial charge in [0.05, 0.1) is 5.56 Å². The first-order valence-electron chi connectivity index (χ1n) is 6.09. The van der Waals surface area contributed by atoms with Crippen LogP contribution in [0.2, 0.25) is 5.02 Å². The van der Waals surface area contributed by atoms with Gasteiger partial charge >= 0.3 is 5.97 Å². The molecule has 0 aliphatic carbocycles. The van der Waals surface area contributed by atoms with Crippen LogP contribution in [0.3, 0.4) is 0 Å². The van der Waals surface area contributed by atoms with Crippen molar-refractivity contribution < 1.29 is 14.3 Å². The second-order valence-corrected chi connectivity index (χ2v) is 5.80. The first kappa shape index (κ1) is 13.9. The quantitative estimate of drug-likeness (QED) is 0.758. The van der Waals surface area contributed by atoms with E-state index in [1.165, 1.54) is 23.7 Å². The summed E-state index contributed by atoms with van der Waals surface area (Å²) in [6.45, 7) is 1.97. The molecule has 0 radical (unpaired) electrons. The highest BCUT2D eigenvalue weighted by Gasteiger charge is 2.14. The third-order valence-electron chi connectivity index (χ3n) is 3.02. The number of furan rings is 1. The zero-order chi connectivity index (χ0) is 15.0. The van der Waals surface area contributed by atoms with E-state index in [-0.39, 0.29) is 5.56 Å². The maximum absolute atomic E-state index is 10.9. The summed E-state index contributed by atoms with van der Waals surface area (Å²) in [7, 11) is 0. The van der Waals surface area contributed by atoms with E-state index in [0.29, 0.717) is 16.5 Å². The van der Waals surface area contributed by atoms with E-state index < -0.39 is 5.97 Å². The molecular weight excluding hydrogens is 310 g/mol. The number of nitrogens with zero attached hydrogens (tertiary/aromatic N) is 1. The molecule has 0 atom stereocenters. The Kier molecular flexibility index (Phi) is 3.53. The minimum absolute atomic E-state index is 0.113. The number of aromatic nitrogens is 1. The van der Waals surface area contributed by atoms with Crippen LogP contribution in [0.4, 0.5) is 0 Å². The Labute approximate surface area is 129 Å². The van der Waals surface area contributed by atoms with Gasteiger partial charge in [0.1, 0.15) is 17.0 Å². The number of thiazole rings is 1. The van der Waals surface area contributed by atoms with Gasteiger partial charge in [0, 0.05) is 22.0 Å². The van der Waals surface area contributed by atoms with E-state index in [1.807, 2.05) is 30.5 Å². The van der Waals surface area contributed by atoms with Crippen LogP contribution in [0.1, 0.15) is 15.9 Å². The Morgan fingerprint density at radius 2 is 2.19 bits per heavy atom. The average Bonchev–Trinajstić information content (AvgIpc) is 3.07. The monoisotopic (exact) mass is 319 g/mol. The SMILES string of the molecule is Cc1cc(Cl)ccc1-c1nc(-c2cc(C(=O)O)co2)cs1. The molecule has 0 unspecified atom stereocenters. The number of halogens is 1. The topological polar surface area (TPSA) is 63.3 Å². The summed E-state index contributed by atoms with van der Waals surface area (Å²) in [5, 5.41) is 12.3. The Bertz CT molecular complexity index is 822. The van der Waals surface area contributed by atoms with Crippen LogP contribution in [-0.2, 0) is 0 Å². The van der Waals surface area contributed by atoms with Crippen LogP contribution in [0.15, 0.2) is 40.3 Å². The van der Waals surface area contributed by atoms with Gasteiger partial charge in [0.15, 0.2) is 5.76 Å². The third-order valence-corrected chi connectivity index (χ3v) is 4.13. The molecule has 0 amide bonds. The molecule has 0 saturated carbocycles. The van der Waals surface area contributed by atoms with Crippen molar-refractivity contribution in [3.05, 3.63) is 52.1 Å². The molecular formula is C15H10ClNO3S. The third kappa shape index (κ3) is 2.70. The lowest BCUT2D eigenvalue weighted by molar-refractivity contribution is 0.0696. The van der Waals surface area contributed by atoms with E-state index in [4.69, 9.17) is 21.1 Å². The Hall–Kier alpha value is -2.11. The number of aryl methyl sites for hydroxylation is 1. The fourth-order valence-electron chi connectivity index (χ4n) is 1.96. The van der Waals surface area contributed by atoms with Gasteiger partial charge in [-0.15, -0.1) is 11.3 Å². The summed E-state index contributed by atoms with van der Waals surface area (Å²) in [5.74, 6) is -0.574. The fourth-order valence-corrected chi connectivity index (χ4v) is 3.09. The molecule has 4 nitrogen and oxygen atoms in total. The predicted octanol–water partition coefficient (Wildman–Crippen LogP) is 4.73. The number of rotatable bonds is 3. The number of hydrogen-bond acceptors (Lipinski definition) is 4.